The molecule has 1 saturated heterocycles. The number of thioether (sulfide) groups is 1. The average molecular weight is 275 g/mol. The Morgan fingerprint density at radius 1 is 1.32 bits per heavy atom. The molecule has 2 heterocycles. The highest BCUT2D eigenvalue weighted by molar-refractivity contribution is 8.00. The van der Waals surface area contributed by atoms with Gasteiger partial charge in [0.25, 0.3) is 0 Å². The van der Waals surface area contributed by atoms with Crippen LogP contribution in [-0.2, 0) is 16.6 Å². The molecule has 0 radical (unpaired) electrons. The smallest absolute Gasteiger partial charge is 0.319 e. The minimum absolute atomic E-state index is 0.158. The van der Waals surface area contributed by atoms with E-state index in [0.29, 0.717) is 6.61 Å². The number of rotatable bonds is 3. The number of ether oxygens (including phenoxy) is 1. The van der Waals surface area contributed by atoms with E-state index in [0.717, 1.165) is 23.0 Å². The summed E-state index contributed by atoms with van der Waals surface area (Å²) in [5.41, 5.74) is 1.01. The fourth-order valence-corrected chi connectivity index (χ4v) is 2.93. The van der Waals surface area contributed by atoms with Crippen molar-refractivity contribution in [2.75, 3.05) is 6.61 Å². The molecular formula is C13H13N3O2S. The molecule has 0 aliphatic carbocycles. The average Bonchev–Trinajstić information content (AvgIpc) is 2.99. The van der Waals surface area contributed by atoms with E-state index in [-0.39, 0.29) is 11.2 Å². The van der Waals surface area contributed by atoms with Crippen LogP contribution < -0.4 is 0 Å². The van der Waals surface area contributed by atoms with Crippen LogP contribution in [0.1, 0.15) is 6.42 Å². The largest absolute Gasteiger partial charge is 0.465 e. The minimum atomic E-state index is -0.161. The van der Waals surface area contributed by atoms with Crippen LogP contribution in [0, 0.1) is 0 Å². The van der Waals surface area contributed by atoms with Gasteiger partial charge in [-0.3, -0.25) is 4.79 Å². The Labute approximate surface area is 115 Å². The molecule has 1 unspecified atom stereocenters. The van der Waals surface area contributed by atoms with Crippen LogP contribution in [0.25, 0.3) is 11.4 Å². The summed E-state index contributed by atoms with van der Waals surface area (Å²) in [5.74, 6) is 0.642. The van der Waals surface area contributed by atoms with Crippen LogP contribution in [0.5, 0.6) is 0 Å². The number of benzene rings is 1. The topological polar surface area (TPSA) is 57.0 Å². The van der Waals surface area contributed by atoms with Crippen molar-refractivity contribution in [3.05, 3.63) is 30.3 Å². The molecule has 19 heavy (non-hydrogen) atoms. The van der Waals surface area contributed by atoms with Crippen molar-refractivity contribution in [3.8, 4) is 11.4 Å². The number of carbonyl (C=O) groups excluding carboxylic acids is 1. The number of hydrogen-bond donors (Lipinski definition) is 0. The zero-order chi connectivity index (χ0) is 13.2. The van der Waals surface area contributed by atoms with Crippen molar-refractivity contribution in [3.63, 3.8) is 0 Å². The molecule has 98 valence electrons. The minimum Gasteiger partial charge on any atom is -0.465 e. The molecule has 1 aliphatic rings. The molecule has 6 heteroatoms. The lowest BCUT2D eigenvalue weighted by Gasteiger charge is -2.05. The number of carbonyl (C=O) groups is 1. The van der Waals surface area contributed by atoms with Crippen molar-refractivity contribution in [1.29, 1.82) is 0 Å². The van der Waals surface area contributed by atoms with E-state index < -0.39 is 0 Å². The maximum atomic E-state index is 11.5. The molecule has 0 amide bonds. The Balaban J connectivity index is 1.85. The normalized spacial score (nSPS) is 18.6. The second-order valence-electron chi connectivity index (χ2n) is 4.29. The summed E-state index contributed by atoms with van der Waals surface area (Å²) in [6.45, 7) is 0.500. The van der Waals surface area contributed by atoms with E-state index in [4.69, 9.17) is 4.74 Å². The maximum absolute atomic E-state index is 11.5. The molecule has 0 spiro atoms. The summed E-state index contributed by atoms with van der Waals surface area (Å²) >= 11 is 1.42. The molecule has 1 aromatic carbocycles. The summed E-state index contributed by atoms with van der Waals surface area (Å²) in [6.07, 6.45) is 0.733. The first-order chi connectivity index (χ1) is 9.25. The standard InChI is InChI=1S/C13H13N3O2S/c1-16-11(9-5-3-2-4-6-9)14-15-13(16)19-10-7-8-18-12(10)17/h2-6,10H,7-8H2,1H3. The molecular weight excluding hydrogens is 262 g/mol. The van der Waals surface area contributed by atoms with Gasteiger partial charge < -0.3 is 9.30 Å². The lowest BCUT2D eigenvalue weighted by Crippen LogP contribution is -2.10. The van der Waals surface area contributed by atoms with Gasteiger partial charge in [-0.15, -0.1) is 10.2 Å². The lowest BCUT2D eigenvalue weighted by molar-refractivity contribution is -0.137. The fourth-order valence-electron chi connectivity index (χ4n) is 1.97. The van der Waals surface area contributed by atoms with Gasteiger partial charge in [-0.25, -0.2) is 0 Å². The van der Waals surface area contributed by atoms with Crippen LogP contribution in [0.2, 0.25) is 0 Å². The molecule has 1 aromatic heterocycles. The third-order valence-corrected chi connectivity index (χ3v) is 4.28. The van der Waals surface area contributed by atoms with Crippen molar-refractivity contribution >= 4 is 17.7 Å². The van der Waals surface area contributed by atoms with Gasteiger partial charge in [0, 0.05) is 19.0 Å². The quantitative estimate of drug-likeness (QED) is 0.801. The summed E-state index contributed by atoms with van der Waals surface area (Å²) < 4.78 is 6.86. The number of aromatic nitrogens is 3. The van der Waals surface area contributed by atoms with Crippen LogP contribution in [-0.4, -0.2) is 32.6 Å². The molecule has 0 saturated carbocycles. The van der Waals surface area contributed by atoms with E-state index in [1.165, 1.54) is 11.8 Å². The first-order valence-electron chi connectivity index (χ1n) is 6.04. The molecule has 0 N–H and O–H groups in total. The summed E-state index contributed by atoms with van der Waals surface area (Å²) in [4.78, 5) is 11.5. The van der Waals surface area contributed by atoms with Crippen LogP contribution >= 0.6 is 11.8 Å². The second-order valence-corrected chi connectivity index (χ2v) is 5.46. The van der Waals surface area contributed by atoms with E-state index >= 15 is 0 Å². The van der Waals surface area contributed by atoms with Crippen LogP contribution in [0.4, 0.5) is 0 Å². The Kier molecular flexibility index (Phi) is 3.25. The first kappa shape index (κ1) is 12.2. The third-order valence-electron chi connectivity index (χ3n) is 3.00. The van der Waals surface area contributed by atoms with Gasteiger partial charge in [-0.05, 0) is 0 Å². The molecule has 1 fully saturated rings. The predicted octanol–water partition coefficient (Wildman–Crippen LogP) is 1.89. The zero-order valence-corrected chi connectivity index (χ0v) is 11.3. The van der Waals surface area contributed by atoms with Crippen molar-refractivity contribution in [1.82, 2.24) is 14.8 Å². The first-order valence-corrected chi connectivity index (χ1v) is 6.92. The molecule has 3 rings (SSSR count). The van der Waals surface area contributed by atoms with E-state index in [1.807, 2.05) is 41.9 Å². The Morgan fingerprint density at radius 2 is 2.11 bits per heavy atom. The highest BCUT2D eigenvalue weighted by atomic mass is 32.2. The predicted molar refractivity (Wildman–Crippen MR) is 71.7 cm³/mol. The summed E-state index contributed by atoms with van der Waals surface area (Å²) in [6, 6.07) is 9.87. The molecule has 1 aliphatic heterocycles. The van der Waals surface area contributed by atoms with Gasteiger partial charge >= 0.3 is 5.97 Å². The highest BCUT2D eigenvalue weighted by Gasteiger charge is 2.29. The SMILES string of the molecule is Cn1c(SC2CCOC2=O)nnc1-c1ccccc1. The van der Waals surface area contributed by atoms with Crippen LogP contribution in [0.3, 0.4) is 0 Å². The number of esters is 1. The van der Waals surface area contributed by atoms with Gasteiger partial charge in [0.15, 0.2) is 11.0 Å². The van der Waals surface area contributed by atoms with Gasteiger partial charge in [-0.2, -0.15) is 0 Å². The van der Waals surface area contributed by atoms with Crippen molar-refractivity contribution < 1.29 is 9.53 Å². The van der Waals surface area contributed by atoms with Crippen LogP contribution in [0.15, 0.2) is 35.5 Å². The van der Waals surface area contributed by atoms with E-state index in [9.17, 15) is 4.79 Å². The highest BCUT2D eigenvalue weighted by Crippen LogP contribution is 2.29. The molecule has 1 atom stereocenters. The Morgan fingerprint density at radius 3 is 2.79 bits per heavy atom. The lowest BCUT2D eigenvalue weighted by atomic mass is 10.2. The molecule has 5 nitrogen and oxygen atoms in total. The van der Waals surface area contributed by atoms with E-state index in [1.54, 1.807) is 0 Å². The Bertz CT molecular complexity index is 597. The Hall–Kier alpha value is -1.82. The van der Waals surface area contributed by atoms with Gasteiger partial charge in [0.05, 0.1) is 6.61 Å². The van der Waals surface area contributed by atoms with Gasteiger partial charge in [0.2, 0.25) is 0 Å². The van der Waals surface area contributed by atoms with Crippen molar-refractivity contribution in [2.45, 2.75) is 16.8 Å². The monoisotopic (exact) mass is 275 g/mol. The van der Waals surface area contributed by atoms with E-state index in [2.05, 4.69) is 10.2 Å². The van der Waals surface area contributed by atoms with Gasteiger partial charge in [-0.1, -0.05) is 42.1 Å². The molecule has 2 aromatic rings. The number of cyclic esters (lactones) is 1. The summed E-state index contributed by atoms with van der Waals surface area (Å²) in [7, 11) is 1.91. The molecule has 0 bridgehead atoms. The second kappa shape index (κ2) is 5.05. The number of hydrogen-bond acceptors (Lipinski definition) is 5. The maximum Gasteiger partial charge on any atom is 0.319 e. The number of nitrogens with zero attached hydrogens (tertiary/aromatic N) is 3. The van der Waals surface area contributed by atoms with Crippen molar-refractivity contribution in [2.24, 2.45) is 7.05 Å². The summed E-state index contributed by atoms with van der Waals surface area (Å²) in [5, 5.41) is 8.93. The zero-order valence-electron chi connectivity index (χ0n) is 10.4. The van der Waals surface area contributed by atoms with Gasteiger partial charge in [0.1, 0.15) is 5.25 Å². The third kappa shape index (κ3) is 2.35. The fraction of sp³-hybridized carbons (Fsp3) is 0.308.